The summed E-state index contributed by atoms with van der Waals surface area (Å²) in [5.41, 5.74) is 0.420. The molecule has 0 spiro atoms. The van der Waals surface area contributed by atoms with Crippen LogP contribution in [0.5, 0.6) is 0 Å². The second-order valence-corrected chi connectivity index (χ2v) is 11.7. The normalized spacial score (nSPS) is 15.6. The van der Waals surface area contributed by atoms with Crippen molar-refractivity contribution in [1.29, 1.82) is 0 Å². The number of aromatic nitrogens is 2. The third kappa shape index (κ3) is 6.28. The second kappa shape index (κ2) is 11.0. The molecule has 1 atom stereocenters. The molecule has 0 unspecified atom stereocenters. The molecule has 2 aromatic heterocycles. The number of amides is 2. The lowest BCUT2D eigenvalue weighted by Crippen LogP contribution is -2.57. The highest BCUT2D eigenvalue weighted by Crippen LogP contribution is 2.22. The lowest BCUT2D eigenvalue weighted by molar-refractivity contribution is -0.134. The molecule has 0 bridgehead atoms. The standard InChI is InChI=1S/C22H25ClN6O5S2/c1-14-25-26-21(34-14)15-4-3-5-16(12-15)36(32,33)27-17(22(31)29-10-8-28(2)9-11-29)13-24-20(30)18-6-7-19(23)35-18/h3-7,12,17,27H,8-11,13H2,1-2H3,(H,24,30)/t17-/m0/s1. The number of aryl methyl sites for hydroxylation is 1. The predicted molar refractivity (Wildman–Crippen MR) is 134 cm³/mol. The van der Waals surface area contributed by atoms with Crippen LogP contribution in [0.3, 0.4) is 0 Å². The Hall–Kier alpha value is -2.84. The molecule has 0 aliphatic carbocycles. The molecule has 1 fully saturated rings. The van der Waals surface area contributed by atoms with Crippen LogP contribution < -0.4 is 10.0 Å². The van der Waals surface area contributed by atoms with Crippen molar-refractivity contribution in [2.24, 2.45) is 0 Å². The molecule has 0 radical (unpaired) electrons. The van der Waals surface area contributed by atoms with Gasteiger partial charge in [-0.05, 0) is 37.4 Å². The fourth-order valence-electron chi connectivity index (χ4n) is 3.61. The molecular formula is C22H25ClN6O5S2. The predicted octanol–water partition coefficient (Wildman–Crippen LogP) is 1.61. The summed E-state index contributed by atoms with van der Waals surface area (Å²) in [6.07, 6.45) is 0. The molecule has 1 aromatic carbocycles. The molecule has 36 heavy (non-hydrogen) atoms. The Kier molecular flexibility index (Phi) is 8.05. The molecule has 192 valence electrons. The number of hydrogen-bond acceptors (Lipinski definition) is 9. The maximum atomic E-state index is 13.3. The number of piperazine rings is 1. The van der Waals surface area contributed by atoms with E-state index in [-0.39, 0.29) is 17.3 Å². The number of carbonyl (C=O) groups excluding carboxylic acids is 2. The van der Waals surface area contributed by atoms with Crippen molar-refractivity contribution in [2.75, 3.05) is 39.8 Å². The SMILES string of the molecule is Cc1nnc(-c2cccc(S(=O)(=O)N[C@@H](CNC(=O)c3ccc(Cl)s3)C(=O)N3CCN(C)CC3)c2)o1. The number of likely N-dealkylation sites (N-methyl/N-ethyl adjacent to an activating group) is 1. The largest absolute Gasteiger partial charge is 0.421 e. The maximum absolute atomic E-state index is 13.3. The van der Waals surface area contributed by atoms with Gasteiger partial charge in [0, 0.05) is 45.2 Å². The summed E-state index contributed by atoms with van der Waals surface area (Å²) in [4.78, 5) is 29.8. The van der Waals surface area contributed by atoms with Gasteiger partial charge >= 0.3 is 0 Å². The maximum Gasteiger partial charge on any atom is 0.261 e. The molecule has 3 aromatic rings. The van der Waals surface area contributed by atoms with Gasteiger partial charge in [-0.25, -0.2) is 8.42 Å². The number of carbonyl (C=O) groups is 2. The smallest absolute Gasteiger partial charge is 0.261 e. The van der Waals surface area contributed by atoms with E-state index in [4.69, 9.17) is 16.0 Å². The fraction of sp³-hybridized carbons (Fsp3) is 0.364. The molecule has 14 heteroatoms. The lowest BCUT2D eigenvalue weighted by Gasteiger charge is -2.34. The molecule has 3 heterocycles. The monoisotopic (exact) mass is 552 g/mol. The van der Waals surface area contributed by atoms with Crippen LogP contribution in [0.15, 0.2) is 45.7 Å². The van der Waals surface area contributed by atoms with E-state index in [9.17, 15) is 18.0 Å². The Morgan fingerprint density at radius 2 is 1.92 bits per heavy atom. The number of benzene rings is 1. The quantitative estimate of drug-likeness (QED) is 0.430. The minimum Gasteiger partial charge on any atom is -0.421 e. The van der Waals surface area contributed by atoms with Crippen molar-refractivity contribution >= 4 is 44.8 Å². The molecule has 11 nitrogen and oxygen atoms in total. The van der Waals surface area contributed by atoms with E-state index in [1.54, 1.807) is 36.1 Å². The van der Waals surface area contributed by atoms with E-state index in [0.29, 0.717) is 46.8 Å². The van der Waals surface area contributed by atoms with E-state index in [0.717, 1.165) is 11.3 Å². The van der Waals surface area contributed by atoms with Gasteiger partial charge in [0.25, 0.3) is 5.91 Å². The fourth-order valence-corrected chi connectivity index (χ4v) is 5.80. The zero-order valence-electron chi connectivity index (χ0n) is 19.6. The first-order chi connectivity index (χ1) is 17.1. The van der Waals surface area contributed by atoms with Gasteiger partial charge in [0.05, 0.1) is 14.1 Å². The topological polar surface area (TPSA) is 138 Å². The van der Waals surface area contributed by atoms with Crippen LogP contribution in [0.2, 0.25) is 4.34 Å². The molecule has 0 saturated carbocycles. The molecule has 2 amide bonds. The number of halogens is 1. The summed E-state index contributed by atoms with van der Waals surface area (Å²) in [6, 6.07) is 7.92. The molecule has 1 aliphatic heterocycles. The summed E-state index contributed by atoms with van der Waals surface area (Å²) in [5.74, 6) is -0.343. The summed E-state index contributed by atoms with van der Waals surface area (Å²) >= 11 is 7.00. The van der Waals surface area contributed by atoms with Gasteiger partial charge in [-0.1, -0.05) is 17.7 Å². The Morgan fingerprint density at radius 1 is 1.17 bits per heavy atom. The van der Waals surface area contributed by atoms with Gasteiger partial charge < -0.3 is 19.5 Å². The van der Waals surface area contributed by atoms with Gasteiger partial charge in [0.1, 0.15) is 6.04 Å². The van der Waals surface area contributed by atoms with Crippen LogP contribution in [-0.4, -0.2) is 86.0 Å². The van der Waals surface area contributed by atoms with E-state index < -0.39 is 27.9 Å². The highest BCUT2D eigenvalue weighted by Gasteiger charge is 2.31. The van der Waals surface area contributed by atoms with Crippen molar-refractivity contribution in [3.63, 3.8) is 0 Å². The number of hydrogen-bond donors (Lipinski definition) is 2. The van der Waals surface area contributed by atoms with E-state index in [1.165, 1.54) is 12.1 Å². The van der Waals surface area contributed by atoms with Gasteiger partial charge in [-0.15, -0.1) is 21.5 Å². The van der Waals surface area contributed by atoms with Crippen molar-refractivity contribution < 1.29 is 22.4 Å². The summed E-state index contributed by atoms with van der Waals surface area (Å²) in [5, 5.41) is 10.3. The third-order valence-corrected chi connectivity index (χ3v) is 8.29. The zero-order valence-corrected chi connectivity index (χ0v) is 22.0. The Balaban J connectivity index is 1.55. The van der Waals surface area contributed by atoms with Gasteiger partial charge in [-0.2, -0.15) is 4.72 Å². The van der Waals surface area contributed by atoms with Crippen molar-refractivity contribution in [1.82, 2.24) is 30.0 Å². The first kappa shape index (κ1) is 26.2. The molecular weight excluding hydrogens is 528 g/mol. The third-order valence-electron chi connectivity index (χ3n) is 5.59. The van der Waals surface area contributed by atoms with Gasteiger partial charge in [0.15, 0.2) is 0 Å². The number of nitrogens with zero attached hydrogens (tertiary/aromatic N) is 4. The highest BCUT2D eigenvalue weighted by molar-refractivity contribution is 7.89. The first-order valence-corrected chi connectivity index (χ1v) is 13.7. The molecule has 4 rings (SSSR count). The van der Waals surface area contributed by atoms with Gasteiger partial charge in [-0.3, -0.25) is 9.59 Å². The average molecular weight is 553 g/mol. The van der Waals surface area contributed by atoms with Crippen LogP contribution >= 0.6 is 22.9 Å². The Morgan fingerprint density at radius 3 is 2.56 bits per heavy atom. The summed E-state index contributed by atoms with van der Waals surface area (Å²) in [7, 11) is -2.20. The number of sulfonamides is 1. The lowest BCUT2D eigenvalue weighted by atomic mass is 10.2. The van der Waals surface area contributed by atoms with E-state index in [1.807, 2.05) is 7.05 Å². The number of rotatable bonds is 8. The van der Waals surface area contributed by atoms with E-state index >= 15 is 0 Å². The van der Waals surface area contributed by atoms with Crippen molar-refractivity contribution in [2.45, 2.75) is 17.9 Å². The minimum absolute atomic E-state index is 0.0802. The number of nitrogens with one attached hydrogen (secondary N) is 2. The molecule has 1 aliphatic rings. The summed E-state index contributed by atoms with van der Waals surface area (Å²) < 4.78 is 34.9. The van der Waals surface area contributed by atoms with Crippen LogP contribution in [0.4, 0.5) is 0 Å². The van der Waals surface area contributed by atoms with Crippen LogP contribution in [0.25, 0.3) is 11.5 Å². The molecule has 1 saturated heterocycles. The Bertz CT molecular complexity index is 1350. The van der Waals surface area contributed by atoms with Crippen molar-refractivity contribution in [3.8, 4) is 11.5 Å². The Labute approximate surface area is 217 Å². The summed E-state index contributed by atoms with van der Waals surface area (Å²) in [6.45, 7) is 3.63. The highest BCUT2D eigenvalue weighted by atomic mass is 35.5. The van der Waals surface area contributed by atoms with Crippen LogP contribution in [0.1, 0.15) is 15.6 Å². The second-order valence-electron chi connectivity index (χ2n) is 8.27. The van der Waals surface area contributed by atoms with Crippen LogP contribution in [-0.2, 0) is 14.8 Å². The molecule has 2 N–H and O–H groups in total. The van der Waals surface area contributed by atoms with Crippen LogP contribution in [0, 0.1) is 6.92 Å². The average Bonchev–Trinajstić information content (AvgIpc) is 3.50. The zero-order chi connectivity index (χ0) is 25.9. The van der Waals surface area contributed by atoms with Gasteiger partial charge in [0.2, 0.25) is 27.7 Å². The van der Waals surface area contributed by atoms with Crippen molar-refractivity contribution in [3.05, 3.63) is 51.5 Å². The number of thiophene rings is 1. The first-order valence-electron chi connectivity index (χ1n) is 11.1. The van der Waals surface area contributed by atoms with E-state index in [2.05, 4.69) is 25.1 Å². The minimum atomic E-state index is -4.15.